The first-order chi connectivity index (χ1) is 12.3. The molecule has 0 unspecified atom stereocenters. The molecule has 0 atom stereocenters. The predicted molar refractivity (Wildman–Crippen MR) is 96.0 cm³/mol. The smallest absolute Gasteiger partial charge is 0.255 e. The lowest BCUT2D eigenvalue weighted by molar-refractivity contribution is 0.708. The van der Waals surface area contributed by atoms with E-state index in [-0.39, 0.29) is 5.56 Å². The van der Waals surface area contributed by atoms with E-state index < -0.39 is 0 Å². The highest BCUT2D eigenvalue weighted by molar-refractivity contribution is 5.34. The van der Waals surface area contributed by atoms with E-state index in [9.17, 15) is 4.79 Å². The van der Waals surface area contributed by atoms with Crippen LogP contribution in [-0.2, 0) is 19.4 Å². The molecule has 0 bridgehead atoms. The molecule has 7 nitrogen and oxygen atoms in total. The maximum atomic E-state index is 12.3. The van der Waals surface area contributed by atoms with Crippen LogP contribution in [0.25, 0.3) is 5.69 Å². The molecule has 3 aromatic rings. The van der Waals surface area contributed by atoms with Crippen molar-refractivity contribution < 1.29 is 0 Å². The summed E-state index contributed by atoms with van der Waals surface area (Å²) in [7, 11) is 0. The fourth-order valence-electron chi connectivity index (χ4n) is 3.00. The summed E-state index contributed by atoms with van der Waals surface area (Å²) in [4.78, 5) is 19.7. The number of hydrogen-bond donors (Lipinski definition) is 3. The summed E-state index contributed by atoms with van der Waals surface area (Å²) in [6, 6.07) is 9.95. The van der Waals surface area contributed by atoms with Crippen molar-refractivity contribution in [1.82, 2.24) is 25.1 Å². The molecule has 3 N–H and O–H groups in total. The maximum Gasteiger partial charge on any atom is 0.255 e. The van der Waals surface area contributed by atoms with Gasteiger partial charge in [0, 0.05) is 36.8 Å². The summed E-state index contributed by atoms with van der Waals surface area (Å²) >= 11 is 0. The fraction of sp³-hybridized carbons (Fsp3) is 0.278. The van der Waals surface area contributed by atoms with Crippen molar-refractivity contribution in [2.24, 2.45) is 0 Å². The lowest BCUT2D eigenvalue weighted by atomic mass is 10.1. The highest BCUT2D eigenvalue weighted by Crippen LogP contribution is 2.11. The number of nitrogens with one attached hydrogen (secondary N) is 3. The molecule has 0 spiro atoms. The number of rotatable bonds is 4. The second-order valence-electron chi connectivity index (χ2n) is 6.07. The zero-order valence-electron chi connectivity index (χ0n) is 13.8. The number of hydrogen-bond acceptors (Lipinski definition) is 5. The Balaban J connectivity index is 1.49. The second kappa shape index (κ2) is 6.90. The third kappa shape index (κ3) is 3.46. The molecule has 4 rings (SSSR count). The van der Waals surface area contributed by atoms with Crippen LogP contribution in [0.2, 0.25) is 0 Å². The van der Waals surface area contributed by atoms with Crippen molar-refractivity contribution in [2.75, 3.05) is 18.4 Å². The van der Waals surface area contributed by atoms with Gasteiger partial charge in [-0.1, -0.05) is 18.2 Å². The molecule has 128 valence electrons. The van der Waals surface area contributed by atoms with Gasteiger partial charge in [0.25, 0.3) is 5.56 Å². The molecule has 0 saturated carbocycles. The first kappa shape index (κ1) is 15.6. The van der Waals surface area contributed by atoms with Crippen LogP contribution < -0.4 is 16.2 Å². The summed E-state index contributed by atoms with van der Waals surface area (Å²) < 4.78 is 1.83. The van der Waals surface area contributed by atoms with Gasteiger partial charge in [-0.05, 0) is 25.1 Å². The molecule has 0 amide bonds. The fourth-order valence-corrected chi connectivity index (χ4v) is 3.00. The summed E-state index contributed by atoms with van der Waals surface area (Å²) in [6.45, 7) is 2.22. The van der Waals surface area contributed by atoms with Crippen LogP contribution in [0.15, 0.2) is 47.5 Å². The number of aromatic nitrogens is 4. The number of anilines is 1. The Morgan fingerprint density at radius 1 is 1.16 bits per heavy atom. The van der Waals surface area contributed by atoms with Gasteiger partial charge in [-0.25, -0.2) is 9.67 Å². The zero-order valence-corrected chi connectivity index (χ0v) is 13.8. The largest absolute Gasteiger partial charge is 0.352 e. The lowest BCUT2D eigenvalue weighted by Gasteiger charge is -2.08. The van der Waals surface area contributed by atoms with Crippen LogP contribution in [-0.4, -0.2) is 32.8 Å². The van der Waals surface area contributed by atoms with Crippen LogP contribution >= 0.6 is 0 Å². The van der Waals surface area contributed by atoms with E-state index in [1.165, 1.54) is 0 Å². The number of aromatic amines is 1. The Morgan fingerprint density at radius 3 is 2.88 bits per heavy atom. The number of benzene rings is 1. The average molecular weight is 336 g/mol. The van der Waals surface area contributed by atoms with Gasteiger partial charge in [-0.3, -0.25) is 9.78 Å². The Labute approximate surface area is 145 Å². The number of fused-ring (bicyclic) bond motifs is 1. The summed E-state index contributed by atoms with van der Waals surface area (Å²) in [5.74, 6) is 0.512. The minimum atomic E-state index is -0.0452. The molecule has 1 aromatic carbocycles. The molecule has 0 radical (unpaired) electrons. The van der Waals surface area contributed by atoms with Gasteiger partial charge in [0.2, 0.25) is 5.95 Å². The van der Waals surface area contributed by atoms with E-state index in [1.54, 1.807) is 0 Å². The van der Waals surface area contributed by atoms with Crippen molar-refractivity contribution in [3.05, 3.63) is 69.9 Å². The molecule has 0 aliphatic carbocycles. The lowest BCUT2D eigenvalue weighted by Crippen LogP contribution is -2.21. The molecule has 1 aliphatic rings. The minimum absolute atomic E-state index is 0.0452. The van der Waals surface area contributed by atoms with Crippen molar-refractivity contribution in [3.63, 3.8) is 0 Å². The standard InChI is InChI=1S/C18H20N6O/c25-17-15-6-8-19-9-7-16(15)22-18(23-17)20-10-13-11-21-24(12-13)14-4-2-1-3-5-14/h1-5,11-12,19H,6-10H2,(H2,20,22,23,25). The minimum Gasteiger partial charge on any atom is -0.352 e. The van der Waals surface area contributed by atoms with Crippen LogP contribution in [0.4, 0.5) is 5.95 Å². The molecular formula is C18H20N6O. The number of para-hydroxylation sites is 1. The number of H-pyrrole nitrogens is 1. The van der Waals surface area contributed by atoms with Crippen LogP contribution in [0.5, 0.6) is 0 Å². The third-order valence-electron chi connectivity index (χ3n) is 4.31. The van der Waals surface area contributed by atoms with Crippen LogP contribution in [0.3, 0.4) is 0 Å². The SMILES string of the molecule is O=c1[nH]c(NCc2cnn(-c3ccccc3)c2)nc2c1CCNCC2. The van der Waals surface area contributed by atoms with Gasteiger partial charge in [0.1, 0.15) is 0 Å². The van der Waals surface area contributed by atoms with Gasteiger partial charge in [-0.15, -0.1) is 0 Å². The molecule has 3 heterocycles. The molecule has 0 saturated heterocycles. The normalized spacial score (nSPS) is 13.9. The monoisotopic (exact) mass is 336 g/mol. The maximum absolute atomic E-state index is 12.3. The van der Waals surface area contributed by atoms with E-state index in [1.807, 2.05) is 47.4 Å². The number of nitrogens with zero attached hydrogens (tertiary/aromatic N) is 3. The van der Waals surface area contributed by atoms with E-state index in [0.29, 0.717) is 12.5 Å². The van der Waals surface area contributed by atoms with Crippen molar-refractivity contribution >= 4 is 5.95 Å². The highest BCUT2D eigenvalue weighted by atomic mass is 16.1. The van der Waals surface area contributed by atoms with Gasteiger partial charge < -0.3 is 10.6 Å². The summed E-state index contributed by atoms with van der Waals surface area (Å²) in [5.41, 5.74) is 3.67. The highest BCUT2D eigenvalue weighted by Gasteiger charge is 2.14. The van der Waals surface area contributed by atoms with E-state index >= 15 is 0 Å². The Kier molecular flexibility index (Phi) is 4.30. The summed E-state index contributed by atoms with van der Waals surface area (Å²) in [6.07, 6.45) is 5.28. The quantitative estimate of drug-likeness (QED) is 0.667. The average Bonchev–Trinajstić information content (AvgIpc) is 2.98. The Morgan fingerprint density at radius 2 is 2.00 bits per heavy atom. The second-order valence-corrected chi connectivity index (χ2v) is 6.07. The molecule has 2 aromatic heterocycles. The van der Waals surface area contributed by atoms with E-state index in [2.05, 4.69) is 25.7 Å². The molecule has 25 heavy (non-hydrogen) atoms. The predicted octanol–water partition coefficient (Wildman–Crippen LogP) is 1.26. The topological polar surface area (TPSA) is 87.6 Å². The first-order valence-electron chi connectivity index (χ1n) is 8.45. The zero-order chi connectivity index (χ0) is 17.1. The molecular weight excluding hydrogens is 316 g/mol. The first-order valence-corrected chi connectivity index (χ1v) is 8.45. The Hall–Kier alpha value is -2.93. The van der Waals surface area contributed by atoms with Gasteiger partial charge in [0.05, 0.1) is 17.6 Å². The van der Waals surface area contributed by atoms with Crippen LogP contribution in [0.1, 0.15) is 16.8 Å². The van der Waals surface area contributed by atoms with Crippen molar-refractivity contribution in [3.8, 4) is 5.69 Å². The molecule has 0 fully saturated rings. The molecule has 1 aliphatic heterocycles. The van der Waals surface area contributed by atoms with E-state index in [4.69, 9.17) is 0 Å². The van der Waals surface area contributed by atoms with Crippen molar-refractivity contribution in [1.29, 1.82) is 0 Å². The van der Waals surface area contributed by atoms with E-state index in [0.717, 1.165) is 48.4 Å². The van der Waals surface area contributed by atoms with Crippen LogP contribution in [0, 0.1) is 0 Å². The Bertz CT molecular complexity index is 915. The third-order valence-corrected chi connectivity index (χ3v) is 4.31. The van der Waals surface area contributed by atoms with Gasteiger partial charge >= 0.3 is 0 Å². The van der Waals surface area contributed by atoms with Crippen molar-refractivity contribution in [2.45, 2.75) is 19.4 Å². The van der Waals surface area contributed by atoms with Gasteiger partial charge in [0.15, 0.2) is 0 Å². The summed E-state index contributed by atoms with van der Waals surface area (Å²) in [5, 5.41) is 10.9. The molecule has 7 heteroatoms. The van der Waals surface area contributed by atoms with Gasteiger partial charge in [-0.2, -0.15) is 5.10 Å².